The van der Waals surface area contributed by atoms with Gasteiger partial charge >= 0.3 is 0 Å². The van der Waals surface area contributed by atoms with Gasteiger partial charge in [0.2, 0.25) is 0 Å². The average Bonchev–Trinajstić information content (AvgIpc) is 2.40. The predicted molar refractivity (Wildman–Crippen MR) is 72.0 cm³/mol. The molecule has 0 bridgehead atoms. The summed E-state index contributed by atoms with van der Waals surface area (Å²) in [6, 6.07) is 8.27. The Morgan fingerprint density at radius 1 is 1.44 bits per heavy atom. The topological polar surface area (TPSA) is 33.7 Å². The van der Waals surface area contributed by atoms with Gasteiger partial charge in [-0.3, -0.25) is 0 Å². The van der Waals surface area contributed by atoms with E-state index in [0.29, 0.717) is 0 Å². The van der Waals surface area contributed by atoms with Crippen LogP contribution in [0.15, 0.2) is 24.3 Å². The van der Waals surface area contributed by atoms with Crippen LogP contribution in [-0.4, -0.2) is 51.9 Å². The molecule has 4 heteroatoms. The van der Waals surface area contributed by atoms with E-state index in [1.165, 1.54) is 0 Å². The van der Waals surface area contributed by atoms with Gasteiger partial charge in [0.15, 0.2) is 0 Å². The molecular weight excluding hydrogens is 228 g/mol. The van der Waals surface area contributed by atoms with Gasteiger partial charge in [0, 0.05) is 18.7 Å². The maximum atomic E-state index is 5.90. The Morgan fingerprint density at radius 3 is 2.89 bits per heavy atom. The number of morpholine rings is 1. The first-order valence-electron chi connectivity index (χ1n) is 6.36. The molecule has 0 aromatic heterocycles. The minimum Gasteiger partial charge on any atom is -0.496 e. The highest BCUT2D eigenvalue weighted by molar-refractivity contribution is 5.36. The van der Waals surface area contributed by atoms with E-state index in [1.807, 2.05) is 25.2 Å². The van der Waals surface area contributed by atoms with Crippen molar-refractivity contribution in [2.75, 3.05) is 40.9 Å². The molecule has 2 unspecified atom stereocenters. The molecule has 100 valence electrons. The highest BCUT2D eigenvalue weighted by atomic mass is 16.5. The van der Waals surface area contributed by atoms with E-state index in [2.05, 4.69) is 23.3 Å². The normalized spacial score (nSPS) is 22.7. The van der Waals surface area contributed by atoms with Crippen LogP contribution in [0.4, 0.5) is 0 Å². The number of hydrogen-bond acceptors (Lipinski definition) is 4. The summed E-state index contributed by atoms with van der Waals surface area (Å²) < 4.78 is 11.3. The van der Waals surface area contributed by atoms with Crippen LogP contribution in [0.1, 0.15) is 11.6 Å². The molecule has 1 heterocycles. The third kappa shape index (κ3) is 2.83. The Balaban J connectivity index is 2.21. The van der Waals surface area contributed by atoms with Gasteiger partial charge in [-0.15, -0.1) is 0 Å². The Morgan fingerprint density at radius 2 is 2.22 bits per heavy atom. The second-order valence-electron chi connectivity index (χ2n) is 4.68. The van der Waals surface area contributed by atoms with Crippen molar-refractivity contribution in [3.63, 3.8) is 0 Å². The maximum absolute atomic E-state index is 5.90. The van der Waals surface area contributed by atoms with Crippen molar-refractivity contribution in [1.82, 2.24) is 10.2 Å². The lowest BCUT2D eigenvalue weighted by molar-refractivity contribution is -0.0383. The number of methoxy groups -OCH3 is 1. The van der Waals surface area contributed by atoms with Crippen LogP contribution in [0.2, 0.25) is 0 Å². The molecule has 1 N–H and O–H groups in total. The summed E-state index contributed by atoms with van der Waals surface area (Å²) >= 11 is 0. The molecule has 1 aromatic rings. The number of hydrogen-bond donors (Lipinski definition) is 1. The fourth-order valence-electron chi connectivity index (χ4n) is 2.48. The minimum absolute atomic E-state index is 0.156. The molecule has 2 atom stereocenters. The summed E-state index contributed by atoms with van der Waals surface area (Å²) in [5, 5.41) is 3.35. The van der Waals surface area contributed by atoms with Crippen LogP contribution in [0, 0.1) is 0 Å². The number of rotatable bonds is 4. The Labute approximate surface area is 109 Å². The molecule has 0 spiro atoms. The number of ether oxygens (including phenoxy) is 2. The van der Waals surface area contributed by atoms with E-state index in [4.69, 9.17) is 9.47 Å². The lowest BCUT2D eigenvalue weighted by Gasteiger charge is -2.35. The first-order valence-corrected chi connectivity index (χ1v) is 6.36. The van der Waals surface area contributed by atoms with Crippen LogP contribution in [0.5, 0.6) is 5.75 Å². The van der Waals surface area contributed by atoms with E-state index in [-0.39, 0.29) is 12.1 Å². The van der Waals surface area contributed by atoms with Crippen LogP contribution in [-0.2, 0) is 4.74 Å². The molecule has 2 rings (SSSR count). The maximum Gasteiger partial charge on any atom is 0.123 e. The third-order valence-corrected chi connectivity index (χ3v) is 3.45. The zero-order valence-electron chi connectivity index (χ0n) is 11.3. The molecule has 1 aliphatic heterocycles. The SMILES string of the molecule is CNC(c1ccccc1OC)C1CN(C)CCO1. The fourth-order valence-corrected chi connectivity index (χ4v) is 2.48. The molecule has 0 radical (unpaired) electrons. The standard InChI is InChI=1S/C14H22N2O2/c1-15-14(13-10-16(2)8-9-18-13)11-6-4-5-7-12(11)17-3/h4-7,13-15H,8-10H2,1-3H3. The van der Waals surface area contributed by atoms with E-state index < -0.39 is 0 Å². The molecule has 0 aliphatic carbocycles. The largest absolute Gasteiger partial charge is 0.496 e. The Bertz CT molecular complexity index is 384. The molecule has 0 amide bonds. The van der Waals surface area contributed by atoms with E-state index in [0.717, 1.165) is 31.0 Å². The summed E-state index contributed by atoms with van der Waals surface area (Å²) in [6.45, 7) is 2.72. The molecule has 4 nitrogen and oxygen atoms in total. The number of para-hydroxylation sites is 1. The van der Waals surface area contributed by atoms with Crippen molar-refractivity contribution in [2.45, 2.75) is 12.1 Å². The van der Waals surface area contributed by atoms with Crippen molar-refractivity contribution >= 4 is 0 Å². The molecule has 1 aromatic carbocycles. The quantitative estimate of drug-likeness (QED) is 0.873. The summed E-state index contributed by atoms with van der Waals surface area (Å²) in [6.07, 6.45) is 0.157. The van der Waals surface area contributed by atoms with E-state index >= 15 is 0 Å². The zero-order chi connectivity index (χ0) is 13.0. The highest BCUT2D eigenvalue weighted by Gasteiger charge is 2.28. The van der Waals surface area contributed by atoms with E-state index in [1.54, 1.807) is 7.11 Å². The lowest BCUT2D eigenvalue weighted by atomic mass is 9.99. The van der Waals surface area contributed by atoms with Gasteiger partial charge in [0.1, 0.15) is 5.75 Å². The van der Waals surface area contributed by atoms with Gasteiger partial charge in [-0.1, -0.05) is 18.2 Å². The molecule has 0 saturated carbocycles. The van der Waals surface area contributed by atoms with Gasteiger partial charge in [-0.2, -0.15) is 0 Å². The molecule has 1 aliphatic rings. The van der Waals surface area contributed by atoms with Gasteiger partial charge in [0.05, 0.1) is 25.9 Å². The Kier molecular flexibility index (Phi) is 4.58. The number of benzene rings is 1. The molecule has 1 fully saturated rings. The first kappa shape index (κ1) is 13.3. The van der Waals surface area contributed by atoms with Gasteiger partial charge in [-0.05, 0) is 20.2 Å². The minimum atomic E-state index is 0.156. The number of nitrogens with one attached hydrogen (secondary N) is 1. The summed E-state index contributed by atoms with van der Waals surface area (Å²) in [5.74, 6) is 0.911. The first-order chi connectivity index (χ1) is 8.76. The molecule has 1 saturated heterocycles. The average molecular weight is 250 g/mol. The van der Waals surface area contributed by atoms with Crippen molar-refractivity contribution in [1.29, 1.82) is 0 Å². The molecule has 18 heavy (non-hydrogen) atoms. The monoisotopic (exact) mass is 250 g/mol. The predicted octanol–water partition coefficient (Wildman–Crippen LogP) is 1.29. The van der Waals surface area contributed by atoms with E-state index in [9.17, 15) is 0 Å². The number of likely N-dealkylation sites (N-methyl/N-ethyl adjacent to an activating group) is 2. The van der Waals surface area contributed by atoms with Gasteiger partial charge in [-0.25, -0.2) is 0 Å². The van der Waals surface area contributed by atoms with Crippen molar-refractivity contribution in [2.24, 2.45) is 0 Å². The van der Waals surface area contributed by atoms with Crippen molar-refractivity contribution in [3.05, 3.63) is 29.8 Å². The lowest BCUT2D eigenvalue weighted by Crippen LogP contribution is -2.46. The van der Waals surface area contributed by atoms with Gasteiger partial charge < -0.3 is 19.7 Å². The molecular formula is C14H22N2O2. The van der Waals surface area contributed by atoms with Crippen LogP contribution in [0.25, 0.3) is 0 Å². The third-order valence-electron chi connectivity index (χ3n) is 3.45. The van der Waals surface area contributed by atoms with Gasteiger partial charge in [0.25, 0.3) is 0 Å². The van der Waals surface area contributed by atoms with Crippen molar-refractivity contribution < 1.29 is 9.47 Å². The highest BCUT2D eigenvalue weighted by Crippen LogP contribution is 2.29. The zero-order valence-corrected chi connectivity index (χ0v) is 11.3. The number of nitrogens with zero attached hydrogens (tertiary/aromatic N) is 1. The second-order valence-corrected chi connectivity index (χ2v) is 4.68. The summed E-state index contributed by atoms with van der Waals surface area (Å²) in [4.78, 5) is 2.30. The van der Waals surface area contributed by atoms with Crippen LogP contribution < -0.4 is 10.1 Å². The van der Waals surface area contributed by atoms with Crippen molar-refractivity contribution in [3.8, 4) is 5.75 Å². The summed E-state index contributed by atoms with van der Waals surface area (Å²) in [5.41, 5.74) is 1.16. The summed E-state index contributed by atoms with van der Waals surface area (Å²) in [7, 11) is 5.80. The van der Waals surface area contributed by atoms with Crippen LogP contribution >= 0.6 is 0 Å². The second kappa shape index (κ2) is 6.18. The smallest absolute Gasteiger partial charge is 0.123 e. The fraction of sp³-hybridized carbons (Fsp3) is 0.571. The van der Waals surface area contributed by atoms with Crippen LogP contribution in [0.3, 0.4) is 0 Å². The Hall–Kier alpha value is -1.10.